The van der Waals surface area contributed by atoms with E-state index in [-0.39, 0.29) is 36.8 Å². The van der Waals surface area contributed by atoms with Crippen LogP contribution in [-0.2, 0) is 38.1 Å². The number of esters is 4. The minimum Gasteiger partial charge on any atom is -0.419 e. The lowest BCUT2D eigenvalue weighted by atomic mass is 9.87. The molecule has 0 bridgehead atoms. The Morgan fingerprint density at radius 2 is 1.14 bits per heavy atom. The molecule has 3 aliphatic rings. The van der Waals surface area contributed by atoms with E-state index in [1.54, 1.807) is 12.1 Å². The van der Waals surface area contributed by atoms with E-state index in [4.69, 9.17) is 30.8 Å². The number of anilines is 2. The van der Waals surface area contributed by atoms with Crippen LogP contribution in [0.25, 0.3) is 17.0 Å². The Hall–Kier alpha value is -5.62. The average Bonchev–Trinajstić information content (AvgIpc) is 3.08. The molecule has 0 N–H and O–H groups in total. The third kappa shape index (κ3) is 7.50. The highest BCUT2D eigenvalue weighted by Gasteiger charge is 2.56. The van der Waals surface area contributed by atoms with Crippen molar-refractivity contribution in [1.82, 2.24) is 0 Å². The summed E-state index contributed by atoms with van der Waals surface area (Å²) < 4.78 is 22.8. The van der Waals surface area contributed by atoms with Gasteiger partial charge in [0.25, 0.3) is 11.6 Å². The Kier molecular flexibility index (Phi) is 10.6. The van der Waals surface area contributed by atoms with Gasteiger partial charge in [-0.05, 0) is 86.4 Å². The number of benzene rings is 2. The molecular formula is C38H40N4O8. The Morgan fingerprint density at radius 1 is 0.740 bits per heavy atom. The average molecular weight is 681 g/mol. The van der Waals surface area contributed by atoms with Gasteiger partial charge in [0.1, 0.15) is 11.1 Å². The highest BCUT2D eigenvalue weighted by atomic mass is 16.8. The second-order valence-corrected chi connectivity index (χ2v) is 12.5. The number of nitrogens with zero attached hydrogens (tertiary/aromatic N) is 4. The van der Waals surface area contributed by atoms with Crippen LogP contribution < -0.4 is 9.80 Å². The summed E-state index contributed by atoms with van der Waals surface area (Å²) in [7, 11) is 0. The molecule has 0 atom stereocenters. The molecule has 5 rings (SSSR count). The van der Waals surface area contributed by atoms with Crippen molar-refractivity contribution in [2.24, 2.45) is 0 Å². The van der Waals surface area contributed by atoms with Crippen LogP contribution >= 0.6 is 0 Å². The smallest absolute Gasteiger partial charge is 0.348 e. The van der Waals surface area contributed by atoms with E-state index in [0.717, 1.165) is 35.6 Å². The molecule has 2 saturated heterocycles. The summed E-state index contributed by atoms with van der Waals surface area (Å²) in [6, 6.07) is 13.4. The van der Waals surface area contributed by atoms with Gasteiger partial charge in [-0.1, -0.05) is 12.1 Å². The SMILES string of the molecule is [C-]#[N+]CCN(CC)c1ccc(C=C2C(=O)OC3(CCC4(CC3)OC(=O)C(=Cc3ccc(N(CC)CCC#N)cc3C)C(=O)O4)OC2=O)c(C)c1. The summed E-state index contributed by atoms with van der Waals surface area (Å²) >= 11 is 0. The van der Waals surface area contributed by atoms with E-state index >= 15 is 0 Å². The molecule has 2 heterocycles. The molecule has 50 heavy (non-hydrogen) atoms. The summed E-state index contributed by atoms with van der Waals surface area (Å²) in [4.78, 5) is 60.2. The fourth-order valence-corrected chi connectivity index (χ4v) is 6.40. The van der Waals surface area contributed by atoms with E-state index in [9.17, 15) is 19.2 Å². The van der Waals surface area contributed by atoms with Crippen LogP contribution in [0.1, 0.15) is 68.2 Å². The Morgan fingerprint density at radius 3 is 1.48 bits per heavy atom. The Labute approximate surface area is 291 Å². The van der Waals surface area contributed by atoms with Crippen molar-refractivity contribution in [3.63, 3.8) is 0 Å². The molecule has 2 aromatic rings. The molecule has 0 aromatic heterocycles. The molecule has 3 fully saturated rings. The predicted octanol–water partition coefficient (Wildman–Crippen LogP) is 5.42. The highest BCUT2D eigenvalue weighted by Crippen LogP contribution is 2.45. The van der Waals surface area contributed by atoms with Gasteiger partial charge in [-0.25, -0.2) is 25.8 Å². The zero-order valence-corrected chi connectivity index (χ0v) is 28.7. The van der Waals surface area contributed by atoms with Gasteiger partial charge in [0.05, 0.1) is 19.0 Å². The van der Waals surface area contributed by atoms with Crippen molar-refractivity contribution in [3.05, 3.63) is 81.2 Å². The monoisotopic (exact) mass is 680 g/mol. The maximum absolute atomic E-state index is 13.1. The van der Waals surface area contributed by atoms with Gasteiger partial charge < -0.3 is 33.6 Å². The molecule has 0 unspecified atom stereocenters. The van der Waals surface area contributed by atoms with Crippen molar-refractivity contribution in [2.75, 3.05) is 42.5 Å². The number of likely N-dealkylation sites (N-methyl/N-ethyl adjacent to an activating group) is 1. The quantitative estimate of drug-likeness (QED) is 0.138. The Bertz CT molecular complexity index is 1660. The normalized spacial score (nSPS) is 21.4. The maximum Gasteiger partial charge on any atom is 0.348 e. The molecule has 0 radical (unpaired) electrons. The summed E-state index contributed by atoms with van der Waals surface area (Å²) in [6.45, 7) is 17.8. The van der Waals surface area contributed by atoms with E-state index in [1.807, 2.05) is 52.0 Å². The summed E-state index contributed by atoms with van der Waals surface area (Å²) in [5.41, 5.74) is 4.30. The third-order valence-electron chi connectivity index (χ3n) is 9.34. The third-order valence-corrected chi connectivity index (χ3v) is 9.34. The molecule has 0 amide bonds. The number of carbonyl (C=O) groups is 4. The lowest BCUT2D eigenvalue weighted by molar-refractivity contribution is -0.291. The summed E-state index contributed by atoms with van der Waals surface area (Å²) in [6.07, 6.45) is 3.12. The molecule has 260 valence electrons. The Balaban J connectivity index is 1.23. The van der Waals surface area contributed by atoms with Crippen molar-refractivity contribution in [3.8, 4) is 6.07 Å². The molecule has 1 saturated carbocycles. The maximum atomic E-state index is 13.1. The fourth-order valence-electron chi connectivity index (χ4n) is 6.40. The second kappa shape index (κ2) is 14.9. The van der Waals surface area contributed by atoms with Crippen molar-refractivity contribution in [1.29, 1.82) is 5.26 Å². The van der Waals surface area contributed by atoms with Gasteiger partial charge >= 0.3 is 23.9 Å². The van der Waals surface area contributed by atoms with Crippen LogP contribution in [0.2, 0.25) is 0 Å². The molecule has 2 spiro atoms. The van der Waals surface area contributed by atoms with Crippen LogP contribution in [0.4, 0.5) is 11.4 Å². The number of aryl methyl sites for hydroxylation is 2. The van der Waals surface area contributed by atoms with Crippen LogP contribution in [0.5, 0.6) is 0 Å². The molecular weight excluding hydrogens is 640 g/mol. The van der Waals surface area contributed by atoms with E-state index in [0.29, 0.717) is 37.2 Å². The molecule has 2 aliphatic heterocycles. The van der Waals surface area contributed by atoms with Gasteiger partial charge in [-0.15, -0.1) is 0 Å². The van der Waals surface area contributed by atoms with Gasteiger partial charge in [-0.3, -0.25) is 0 Å². The number of nitriles is 1. The van der Waals surface area contributed by atoms with Crippen LogP contribution in [0.3, 0.4) is 0 Å². The predicted molar refractivity (Wildman–Crippen MR) is 184 cm³/mol. The number of rotatable bonds is 10. The molecule has 2 aromatic carbocycles. The minimum absolute atomic E-state index is 0.0388. The number of hydrogen-bond donors (Lipinski definition) is 0. The van der Waals surface area contributed by atoms with Crippen molar-refractivity contribution >= 4 is 47.4 Å². The van der Waals surface area contributed by atoms with E-state index in [1.165, 1.54) is 12.2 Å². The standard InChI is InChI=1S/C38H40N4O8/c1-6-41(19-8-17-39)29-11-9-27(25(3)21-29)23-31-33(43)47-37(48-34(31)44)13-15-38(16-14-37)49-35(45)32(36(46)50-38)24-28-10-12-30(22-26(28)4)42(7-2)20-18-40-5/h9-12,21-24H,6-8,13-16,18-20H2,1-4H3. The topological polar surface area (TPSA) is 140 Å². The number of hydrogen-bond acceptors (Lipinski definition) is 11. The number of ether oxygens (including phenoxy) is 4. The largest absolute Gasteiger partial charge is 0.419 e. The zero-order chi connectivity index (χ0) is 36.1. The van der Waals surface area contributed by atoms with Crippen LogP contribution in [0.15, 0.2) is 47.5 Å². The molecule has 12 nitrogen and oxygen atoms in total. The molecule has 12 heteroatoms. The van der Waals surface area contributed by atoms with Gasteiger partial charge in [0, 0.05) is 56.7 Å². The van der Waals surface area contributed by atoms with Crippen LogP contribution in [-0.4, -0.2) is 68.2 Å². The highest BCUT2D eigenvalue weighted by molar-refractivity contribution is 6.19. The van der Waals surface area contributed by atoms with Gasteiger partial charge in [0.2, 0.25) is 6.54 Å². The zero-order valence-electron chi connectivity index (χ0n) is 28.7. The lowest BCUT2D eigenvalue weighted by Crippen LogP contribution is -2.56. The van der Waals surface area contributed by atoms with Crippen molar-refractivity contribution < 1.29 is 38.1 Å². The first kappa shape index (κ1) is 35.7. The first-order valence-corrected chi connectivity index (χ1v) is 16.7. The first-order chi connectivity index (χ1) is 24.0. The van der Waals surface area contributed by atoms with Gasteiger partial charge in [0.15, 0.2) is 0 Å². The number of carbonyl (C=O) groups excluding carboxylic acids is 4. The summed E-state index contributed by atoms with van der Waals surface area (Å²) in [5.74, 6) is -6.47. The van der Waals surface area contributed by atoms with E-state index in [2.05, 4.69) is 20.7 Å². The first-order valence-electron chi connectivity index (χ1n) is 16.7. The van der Waals surface area contributed by atoms with Crippen molar-refractivity contribution in [2.45, 2.75) is 71.4 Å². The lowest BCUT2D eigenvalue weighted by Gasteiger charge is -2.46. The minimum atomic E-state index is -1.58. The summed E-state index contributed by atoms with van der Waals surface area (Å²) in [5, 5.41) is 8.95. The van der Waals surface area contributed by atoms with Gasteiger partial charge in [-0.2, -0.15) is 5.26 Å². The second-order valence-electron chi connectivity index (χ2n) is 12.5. The van der Waals surface area contributed by atoms with E-state index < -0.39 is 35.5 Å². The molecule has 1 aliphatic carbocycles. The van der Waals surface area contributed by atoms with Crippen LogP contribution in [0, 0.1) is 31.8 Å². The fraction of sp³-hybridized carbons (Fsp3) is 0.421.